The van der Waals surface area contributed by atoms with E-state index in [9.17, 15) is 14.4 Å². The first-order valence-corrected chi connectivity index (χ1v) is 10.6. The molecule has 0 saturated heterocycles. The maximum Gasteiger partial charge on any atom is 0.270 e. The van der Waals surface area contributed by atoms with Crippen LogP contribution in [0.1, 0.15) is 43.1 Å². The minimum Gasteiger partial charge on any atom is -0.326 e. The van der Waals surface area contributed by atoms with Crippen molar-refractivity contribution in [3.05, 3.63) is 52.1 Å². The number of aryl methyl sites for hydroxylation is 1. The zero-order valence-corrected chi connectivity index (χ0v) is 18.7. The highest BCUT2D eigenvalue weighted by atomic mass is 16.2. The van der Waals surface area contributed by atoms with Crippen LogP contribution in [0.25, 0.3) is 16.4 Å². The van der Waals surface area contributed by atoms with Crippen molar-refractivity contribution in [2.45, 2.75) is 34.1 Å². The summed E-state index contributed by atoms with van der Waals surface area (Å²) in [5.74, 6) is -0.690. The summed E-state index contributed by atoms with van der Waals surface area (Å²) in [7, 11) is 0. The molecular weight excluding hydrogens is 424 g/mol. The van der Waals surface area contributed by atoms with Crippen molar-refractivity contribution in [2.75, 3.05) is 10.6 Å². The summed E-state index contributed by atoms with van der Waals surface area (Å²) in [6.45, 7) is 7.87. The first kappa shape index (κ1) is 22.1. The summed E-state index contributed by atoms with van der Waals surface area (Å²) in [5, 5.41) is 19.8. The van der Waals surface area contributed by atoms with Gasteiger partial charge in [-0.25, -0.2) is 4.98 Å². The molecule has 0 aliphatic rings. The number of nitrogens with zero attached hydrogens (tertiary/aromatic N) is 5. The number of hydrogen-bond donors (Lipinski definition) is 3. The number of tetrazole rings is 1. The molecule has 3 aromatic heterocycles. The number of pyridine rings is 1. The van der Waals surface area contributed by atoms with E-state index in [4.69, 9.17) is 0 Å². The zero-order chi connectivity index (χ0) is 23.7. The Bertz CT molecular complexity index is 1410. The van der Waals surface area contributed by atoms with Crippen LogP contribution in [0.3, 0.4) is 0 Å². The Labute approximate surface area is 188 Å². The second-order valence-corrected chi connectivity index (χ2v) is 8.10. The predicted octanol–water partition coefficient (Wildman–Crippen LogP) is 2.54. The third-order valence-electron chi connectivity index (χ3n) is 6.00. The lowest BCUT2D eigenvalue weighted by Crippen LogP contribution is -2.27. The van der Waals surface area contributed by atoms with Crippen LogP contribution in [0.4, 0.5) is 11.6 Å². The average molecular weight is 448 g/mol. The minimum absolute atomic E-state index is 0.0498. The Morgan fingerprint density at radius 1 is 1.18 bits per heavy atom. The normalized spacial score (nSPS) is 13.1. The molecule has 1 aromatic carbocycles. The molecule has 0 saturated carbocycles. The molecule has 11 heteroatoms. The van der Waals surface area contributed by atoms with Crippen LogP contribution < -0.4 is 16.2 Å². The number of H-pyrrole nitrogens is 1. The molecule has 11 nitrogen and oxygen atoms in total. The number of nitrogens with one attached hydrogen (secondary N) is 3. The van der Waals surface area contributed by atoms with Gasteiger partial charge < -0.3 is 5.32 Å². The van der Waals surface area contributed by atoms with Gasteiger partial charge in [0.1, 0.15) is 11.2 Å². The number of fused-ring (bicyclic) bond motifs is 3. The average Bonchev–Trinajstić information content (AvgIpc) is 3.31. The van der Waals surface area contributed by atoms with Gasteiger partial charge in [0.05, 0.1) is 0 Å². The smallest absolute Gasteiger partial charge is 0.270 e. The number of hydrogen-bond acceptors (Lipinski definition) is 7. The minimum atomic E-state index is -0.693. The predicted molar refractivity (Wildman–Crippen MR) is 123 cm³/mol. The molecule has 4 rings (SSSR count). The van der Waals surface area contributed by atoms with Crippen molar-refractivity contribution in [2.24, 2.45) is 11.8 Å². The summed E-state index contributed by atoms with van der Waals surface area (Å²) < 4.78 is 1.33. The molecule has 0 radical (unpaired) electrons. The molecule has 3 heterocycles. The van der Waals surface area contributed by atoms with Crippen LogP contribution in [0.15, 0.2) is 35.4 Å². The van der Waals surface area contributed by atoms with Gasteiger partial charge in [-0.15, -0.1) is 5.10 Å². The van der Waals surface area contributed by atoms with E-state index in [0.717, 1.165) is 17.4 Å². The maximum atomic E-state index is 13.1. The van der Waals surface area contributed by atoms with Gasteiger partial charge in [0.25, 0.3) is 17.4 Å². The molecular formula is C22H24N8O3. The molecule has 3 N–H and O–H groups in total. The summed E-state index contributed by atoms with van der Waals surface area (Å²) in [6.07, 6.45) is 3.77. The van der Waals surface area contributed by atoms with Crippen molar-refractivity contribution >= 4 is 39.9 Å². The number of amides is 2. The van der Waals surface area contributed by atoms with Crippen molar-refractivity contribution < 1.29 is 9.59 Å². The van der Waals surface area contributed by atoms with E-state index in [2.05, 4.69) is 43.2 Å². The second kappa shape index (κ2) is 8.77. The molecule has 33 heavy (non-hydrogen) atoms. The maximum absolute atomic E-state index is 13.1. The van der Waals surface area contributed by atoms with Crippen LogP contribution in [0, 0.1) is 18.8 Å². The van der Waals surface area contributed by atoms with Gasteiger partial charge in [0, 0.05) is 29.4 Å². The SMILES string of the molecule is CCC(C)C(C)C(=O)Nc1ccc2c(C)cn3c(=O)c(C(=O)Nc4nn[nH]n4)cnc3c2c1. The number of benzene rings is 1. The van der Waals surface area contributed by atoms with E-state index in [1.807, 2.05) is 32.9 Å². The highest BCUT2D eigenvalue weighted by molar-refractivity contribution is 6.04. The van der Waals surface area contributed by atoms with Gasteiger partial charge in [0.15, 0.2) is 0 Å². The quantitative estimate of drug-likeness (QED) is 0.384. The summed E-state index contributed by atoms with van der Waals surface area (Å²) >= 11 is 0. The molecule has 0 spiro atoms. The van der Waals surface area contributed by atoms with Gasteiger partial charge in [-0.1, -0.05) is 38.4 Å². The number of carbonyl (C=O) groups is 2. The van der Waals surface area contributed by atoms with E-state index in [0.29, 0.717) is 16.7 Å². The van der Waals surface area contributed by atoms with Gasteiger partial charge in [-0.05, 0) is 41.1 Å². The van der Waals surface area contributed by atoms with Crippen LogP contribution in [0.5, 0.6) is 0 Å². The van der Waals surface area contributed by atoms with E-state index < -0.39 is 11.5 Å². The molecule has 2 amide bonds. The van der Waals surface area contributed by atoms with Crippen molar-refractivity contribution in [3.8, 4) is 0 Å². The van der Waals surface area contributed by atoms with Crippen molar-refractivity contribution in [1.82, 2.24) is 30.0 Å². The summed E-state index contributed by atoms with van der Waals surface area (Å²) in [5.41, 5.74) is 1.11. The summed E-state index contributed by atoms with van der Waals surface area (Å²) in [4.78, 5) is 42.6. The Morgan fingerprint density at radius 2 is 1.97 bits per heavy atom. The lowest BCUT2D eigenvalue weighted by molar-refractivity contribution is -0.120. The third kappa shape index (κ3) is 4.16. The van der Waals surface area contributed by atoms with Gasteiger partial charge in [-0.2, -0.15) is 5.21 Å². The van der Waals surface area contributed by atoms with Crippen LogP contribution in [0.2, 0.25) is 0 Å². The lowest BCUT2D eigenvalue weighted by atomic mass is 9.93. The van der Waals surface area contributed by atoms with Crippen LogP contribution >= 0.6 is 0 Å². The van der Waals surface area contributed by atoms with Gasteiger partial charge in [0.2, 0.25) is 5.91 Å². The number of carbonyl (C=O) groups excluding carboxylic acids is 2. The van der Waals surface area contributed by atoms with E-state index in [1.165, 1.54) is 10.6 Å². The molecule has 0 aliphatic carbocycles. The highest BCUT2D eigenvalue weighted by Gasteiger charge is 2.20. The Morgan fingerprint density at radius 3 is 2.67 bits per heavy atom. The second-order valence-electron chi connectivity index (χ2n) is 8.10. The molecule has 0 bridgehead atoms. The van der Waals surface area contributed by atoms with Gasteiger partial charge >= 0.3 is 0 Å². The molecule has 2 atom stereocenters. The standard InChI is InChI=1S/C22H24N8O3/c1-5-11(2)13(4)19(31)24-14-6-7-15-12(3)10-30-18(16(15)8-14)23-9-17(21(30)33)20(32)25-22-26-28-29-27-22/h6-11,13H,5H2,1-4H3,(H,24,31)(H2,25,26,27,28,29,32). The zero-order valence-electron chi connectivity index (χ0n) is 18.7. The fourth-order valence-electron chi connectivity index (χ4n) is 3.61. The number of aromatic amines is 1. The van der Waals surface area contributed by atoms with Crippen molar-refractivity contribution in [1.29, 1.82) is 0 Å². The fourth-order valence-corrected chi connectivity index (χ4v) is 3.61. The number of rotatable bonds is 6. The van der Waals surface area contributed by atoms with Crippen molar-refractivity contribution in [3.63, 3.8) is 0 Å². The molecule has 4 aromatic rings. The largest absolute Gasteiger partial charge is 0.326 e. The van der Waals surface area contributed by atoms with E-state index >= 15 is 0 Å². The topological polar surface area (TPSA) is 147 Å². The number of aromatic nitrogens is 6. The Hall–Kier alpha value is -4.15. The lowest BCUT2D eigenvalue weighted by Gasteiger charge is -2.18. The Kier molecular flexibility index (Phi) is 5.86. The molecule has 0 fully saturated rings. The van der Waals surface area contributed by atoms with Gasteiger partial charge in [-0.3, -0.25) is 24.1 Å². The third-order valence-corrected chi connectivity index (χ3v) is 6.00. The molecule has 2 unspecified atom stereocenters. The number of anilines is 2. The van der Waals surface area contributed by atoms with E-state index in [-0.39, 0.29) is 29.3 Å². The first-order chi connectivity index (χ1) is 15.8. The summed E-state index contributed by atoms with van der Waals surface area (Å²) in [6, 6.07) is 5.51. The first-order valence-electron chi connectivity index (χ1n) is 10.6. The molecule has 170 valence electrons. The monoisotopic (exact) mass is 448 g/mol. The molecule has 0 aliphatic heterocycles. The van der Waals surface area contributed by atoms with E-state index in [1.54, 1.807) is 12.3 Å². The van der Waals surface area contributed by atoms with Crippen LogP contribution in [-0.2, 0) is 4.79 Å². The Balaban J connectivity index is 1.75. The fraction of sp³-hybridized carbons (Fsp3) is 0.318. The highest BCUT2D eigenvalue weighted by Crippen LogP contribution is 2.26. The van der Waals surface area contributed by atoms with Crippen LogP contribution in [-0.4, -0.2) is 41.8 Å².